The number of rotatable bonds is 1. The van der Waals surface area contributed by atoms with Crippen LogP contribution in [0.4, 0.5) is 5.69 Å². The lowest BCUT2D eigenvalue weighted by atomic mass is 10.3. The van der Waals surface area contributed by atoms with Crippen LogP contribution in [0.2, 0.25) is 5.02 Å². The average Bonchev–Trinajstić information content (AvgIpc) is 1.90. The van der Waals surface area contributed by atoms with Gasteiger partial charge in [-0.3, -0.25) is 0 Å². The molecule has 0 fully saturated rings. The first-order chi connectivity index (χ1) is 4.33. The predicted molar refractivity (Wildman–Crippen MR) is 39.8 cm³/mol. The van der Waals surface area contributed by atoms with Gasteiger partial charge in [-0.15, -0.1) is 0 Å². The molecule has 1 radical (unpaired) electrons. The average molecular weight is 141 g/mol. The Hall–Kier alpha value is -0.690. The molecule has 0 amide bonds. The molecule has 1 aromatic carbocycles. The molecule has 2 heteroatoms. The number of hydrogen-bond donors (Lipinski definition) is 1. The van der Waals surface area contributed by atoms with Gasteiger partial charge < -0.3 is 5.32 Å². The minimum absolute atomic E-state index is 0.647. The normalized spacial score (nSPS) is 9.11. The highest BCUT2D eigenvalue weighted by molar-refractivity contribution is 6.30. The molecule has 0 aliphatic heterocycles. The third kappa shape index (κ3) is 1.61. The van der Waals surface area contributed by atoms with E-state index in [1.165, 1.54) is 0 Å². The van der Waals surface area contributed by atoms with Gasteiger partial charge in [-0.2, -0.15) is 0 Å². The highest BCUT2D eigenvalue weighted by atomic mass is 35.5. The van der Waals surface area contributed by atoms with Crippen LogP contribution in [0.15, 0.2) is 18.2 Å². The number of anilines is 1. The zero-order valence-electron chi connectivity index (χ0n) is 5.11. The Morgan fingerprint density at radius 1 is 1.56 bits per heavy atom. The molecule has 1 nitrogen and oxygen atoms in total. The lowest BCUT2D eigenvalue weighted by molar-refractivity contribution is 1.51. The number of benzene rings is 1. The lowest BCUT2D eigenvalue weighted by Crippen LogP contribution is -1.85. The van der Waals surface area contributed by atoms with Gasteiger partial charge in [0.2, 0.25) is 0 Å². The van der Waals surface area contributed by atoms with Crippen LogP contribution in [0.3, 0.4) is 0 Å². The summed E-state index contributed by atoms with van der Waals surface area (Å²) in [7, 11) is 1.86. The third-order valence-corrected chi connectivity index (χ3v) is 1.30. The third-order valence-electron chi connectivity index (χ3n) is 1.06. The maximum Gasteiger partial charge on any atom is 0.0486 e. The lowest BCUT2D eigenvalue weighted by Gasteiger charge is -1.96. The van der Waals surface area contributed by atoms with Crippen molar-refractivity contribution in [3.8, 4) is 0 Å². The molecule has 0 unspecified atom stereocenters. The van der Waals surface area contributed by atoms with E-state index in [4.69, 9.17) is 11.6 Å². The molecule has 0 aliphatic rings. The van der Waals surface area contributed by atoms with Gasteiger partial charge in [0.15, 0.2) is 0 Å². The van der Waals surface area contributed by atoms with Crippen molar-refractivity contribution < 1.29 is 0 Å². The second-order valence-corrected chi connectivity index (χ2v) is 2.08. The number of hydrogen-bond acceptors (Lipinski definition) is 1. The van der Waals surface area contributed by atoms with Crippen LogP contribution in [-0.2, 0) is 0 Å². The maximum atomic E-state index is 5.59. The Morgan fingerprint density at radius 2 is 2.33 bits per heavy atom. The van der Waals surface area contributed by atoms with Crippen molar-refractivity contribution in [2.24, 2.45) is 0 Å². The van der Waals surface area contributed by atoms with Crippen molar-refractivity contribution >= 4 is 17.3 Å². The summed E-state index contributed by atoms with van der Waals surface area (Å²) in [4.78, 5) is 0. The van der Waals surface area contributed by atoms with Crippen LogP contribution in [0.25, 0.3) is 0 Å². The van der Waals surface area contributed by atoms with Crippen LogP contribution in [0, 0.1) is 6.07 Å². The Kier molecular flexibility index (Phi) is 1.96. The van der Waals surface area contributed by atoms with Crippen molar-refractivity contribution in [3.63, 3.8) is 0 Å². The smallest absolute Gasteiger partial charge is 0.0486 e. The van der Waals surface area contributed by atoms with Gasteiger partial charge in [-0.25, -0.2) is 0 Å². The van der Waals surface area contributed by atoms with Gasteiger partial charge in [0.1, 0.15) is 0 Å². The first-order valence-electron chi connectivity index (χ1n) is 2.68. The number of nitrogens with one attached hydrogen (secondary N) is 1. The molecule has 0 aliphatic carbocycles. The van der Waals surface area contributed by atoms with Crippen molar-refractivity contribution in [2.75, 3.05) is 12.4 Å². The standard InChI is InChI=1S/C7H7ClN/c1-9-7-4-2-6(8)3-5-7/h2,4-5,9H,1H3. The van der Waals surface area contributed by atoms with E-state index in [-0.39, 0.29) is 0 Å². The minimum Gasteiger partial charge on any atom is -0.388 e. The first-order valence-corrected chi connectivity index (χ1v) is 3.05. The molecule has 9 heavy (non-hydrogen) atoms. The van der Waals surface area contributed by atoms with E-state index in [9.17, 15) is 0 Å². The predicted octanol–water partition coefficient (Wildman–Crippen LogP) is 2.18. The van der Waals surface area contributed by atoms with E-state index in [1.807, 2.05) is 19.2 Å². The van der Waals surface area contributed by atoms with Crippen LogP contribution < -0.4 is 5.32 Å². The minimum atomic E-state index is 0.647. The van der Waals surface area contributed by atoms with E-state index in [1.54, 1.807) is 6.07 Å². The molecule has 0 atom stereocenters. The quantitative estimate of drug-likeness (QED) is 0.631. The second kappa shape index (κ2) is 2.74. The monoisotopic (exact) mass is 140 g/mol. The summed E-state index contributed by atoms with van der Waals surface area (Å²) in [6, 6.07) is 8.36. The van der Waals surface area contributed by atoms with Gasteiger partial charge in [0.25, 0.3) is 0 Å². The topological polar surface area (TPSA) is 12.0 Å². The molecule has 0 aromatic heterocycles. The Labute approximate surface area is 59.6 Å². The van der Waals surface area contributed by atoms with E-state index in [0.29, 0.717) is 5.02 Å². The zero-order chi connectivity index (χ0) is 6.69. The van der Waals surface area contributed by atoms with Crippen LogP contribution in [-0.4, -0.2) is 7.05 Å². The molecular weight excluding hydrogens is 134 g/mol. The molecule has 47 valence electrons. The van der Waals surface area contributed by atoms with E-state index >= 15 is 0 Å². The van der Waals surface area contributed by atoms with E-state index < -0.39 is 0 Å². The van der Waals surface area contributed by atoms with Gasteiger partial charge in [-0.05, 0) is 18.2 Å². The molecule has 0 saturated heterocycles. The Morgan fingerprint density at radius 3 is 2.78 bits per heavy atom. The molecular formula is C7H7ClN. The SMILES string of the molecule is CNc1c[c]c(Cl)cc1. The number of halogens is 1. The molecule has 0 spiro atoms. The summed E-state index contributed by atoms with van der Waals surface area (Å²) in [5, 5.41) is 3.61. The van der Waals surface area contributed by atoms with Crippen molar-refractivity contribution in [1.82, 2.24) is 0 Å². The summed E-state index contributed by atoms with van der Waals surface area (Å²) in [5.41, 5.74) is 1.03. The van der Waals surface area contributed by atoms with Crippen molar-refractivity contribution in [1.29, 1.82) is 0 Å². The second-order valence-electron chi connectivity index (χ2n) is 1.68. The first kappa shape index (κ1) is 6.43. The zero-order valence-corrected chi connectivity index (χ0v) is 5.87. The maximum absolute atomic E-state index is 5.59. The van der Waals surface area contributed by atoms with Crippen molar-refractivity contribution in [2.45, 2.75) is 0 Å². The highest BCUT2D eigenvalue weighted by Crippen LogP contribution is 2.11. The highest BCUT2D eigenvalue weighted by Gasteiger charge is 1.86. The van der Waals surface area contributed by atoms with Crippen LogP contribution in [0.5, 0.6) is 0 Å². The fourth-order valence-electron chi connectivity index (χ4n) is 0.561. The summed E-state index contributed by atoms with van der Waals surface area (Å²) < 4.78 is 0. The molecule has 1 rings (SSSR count). The summed E-state index contributed by atoms with van der Waals surface area (Å²) >= 11 is 5.59. The van der Waals surface area contributed by atoms with Gasteiger partial charge in [0.05, 0.1) is 0 Å². The summed E-state index contributed by atoms with van der Waals surface area (Å²) in [6.45, 7) is 0. The molecule has 0 bridgehead atoms. The molecule has 1 N–H and O–H groups in total. The Bertz CT molecular complexity index is 181. The van der Waals surface area contributed by atoms with E-state index in [0.717, 1.165) is 5.69 Å². The summed E-state index contributed by atoms with van der Waals surface area (Å²) in [5.74, 6) is 0. The Balaban J connectivity index is 2.88. The van der Waals surface area contributed by atoms with Gasteiger partial charge in [0, 0.05) is 23.8 Å². The molecule has 0 saturated carbocycles. The fraction of sp³-hybridized carbons (Fsp3) is 0.143. The van der Waals surface area contributed by atoms with Crippen LogP contribution >= 0.6 is 11.6 Å². The van der Waals surface area contributed by atoms with E-state index in [2.05, 4.69) is 11.4 Å². The van der Waals surface area contributed by atoms with Gasteiger partial charge in [-0.1, -0.05) is 11.6 Å². The summed E-state index contributed by atoms with van der Waals surface area (Å²) in [6.07, 6.45) is 0. The van der Waals surface area contributed by atoms with Crippen LogP contribution in [0.1, 0.15) is 0 Å². The van der Waals surface area contributed by atoms with Crippen molar-refractivity contribution in [3.05, 3.63) is 29.3 Å². The molecule has 1 aromatic rings. The fourth-order valence-corrected chi connectivity index (χ4v) is 0.679. The molecule has 0 heterocycles. The van der Waals surface area contributed by atoms with Gasteiger partial charge >= 0.3 is 0 Å². The largest absolute Gasteiger partial charge is 0.388 e.